The van der Waals surface area contributed by atoms with Gasteiger partial charge in [-0.05, 0) is 42.7 Å². The number of rotatable bonds is 5. The summed E-state index contributed by atoms with van der Waals surface area (Å²) in [6.45, 7) is 5.15. The van der Waals surface area contributed by atoms with Gasteiger partial charge in [-0.3, -0.25) is 19.3 Å². The number of Topliss-reactive ketones (excluding diaryl/α,β-unsaturated/α-hetero) is 1. The largest absolute Gasteiger partial charge is 0.456 e. The van der Waals surface area contributed by atoms with Crippen molar-refractivity contribution >= 4 is 35.3 Å². The summed E-state index contributed by atoms with van der Waals surface area (Å²) in [7, 11) is 0. The fourth-order valence-electron chi connectivity index (χ4n) is 4.74. The SMILES string of the molecule is C[C@H]1CC(C)(C)C[C@@]2(C1)NC(=O)N(CC(=O)OCC(=O)c1ccccc1Cl)C2=O. The molecule has 2 atom stereocenters. The van der Waals surface area contributed by atoms with E-state index >= 15 is 0 Å². The van der Waals surface area contributed by atoms with Crippen LogP contribution in [0.5, 0.6) is 0 Å². The highest BCUT2D eigenvalue weighted by Crippen LogP contribution is 2.46. The Bertz CT molecular complexity index is 868. The second kappa shape index (κ2) is 7.78. The number of nitrogens with one attached hydrogen (secondary N) is 1. The highest BCUT2D eigenvalue weighted by Gasteiger charge is 2.56. The van der Waals surface area contributed by atoms with E-state index in [-0.39, 0.29) is 21.9 Å². The van der Waals surface area contributed by atoms with Gasteiger partial charge in [0.15, 0.2) is 6.61 Å². The Morgan fingerprint density at radius 3 is 2.59 bits per heavy atom. The molecule has 1 saturated carbocycles. The number of carbonyl (C=O) groups excluding carboxylic acids is 4. The molecule has 1 spiro atoms. The average molecular weight is 421 g/mol. The Balaban J connectivity index is 1.62. The maximum atomic E-state index is 13.0. The molecule has 0 unspecified atom stereocenters. The van der Waals surface area contributed by atoms with Gasteiger partial charge in [0.1, 0.15) is 12.1 Å². The number of ether oxygens (including phenoxy) is 1. The smallest absolute Gasteiger partial charge is 0.326 e. The monoisotopic (exact) mass is 420 g/mol. The fourth-order valence-corrected chi connectivity index (χ4v) is 4.98. The second-order valence-corrected chi connectivity index (χ2v) is 9.23. The van der Waals surface area contributed by atoms with Crippen LogP contribution in [0.4, 0.5) is 4.79 Å². The van der Waals surface area contributed by atoms with Crippen molar-refractivity contribution in [3.8, 4) is 0 Å². The molecule has 0 bridgehead atoms. The third-order valence-corrected chi connectivity index (χ3v) is 5.78. The van der Waals surface area contributed by atoms with Crippen molar-refractivity contribution in [2.75, 3.05) is 13.2 Å². The van der Waals surface area contributed by atoms with E-state index in [2.05, 4.69) is 26.1 Å². The van der Waals surface area contributed by atoms with Crippen LogP contribution in [0.25, 0.3) is 0 Å². The predicted molar refractivity (Wildman–Crippen MR) is 107 cm³/mol. The van der Waals surface area contributed by atoms with Gasteiger partial charge in [0.25, 0.3) is 5.91 Å². The lowest BCUT2D eigenvalue weighted by Crippen LogP contribution is -2.54. The van der Waals surface area contributed by atoms with Crippen LogP contribution in [-0.2, 0) is 14.3 Å². The molecule has 1 aromatic carbocycles. The summed E-state index contributed by atoms with van der Waals surface area (Å²) in [6, 6.07) is 5.84. The number of hydrogen-bond donors (Lipinski definition) is 1. The molecule has 3 rings (SSSR count). The zero-order valence-electron chi connectivity index (χ0n) is 16.8. The first-order valence-corrected chi connectivity index (χ1v) is 9.98. The number of hydrogen-bond acceptors (Lipinski definition) is 5. The Morgan fingerprint density at radius 2 is 1.93 bits per heavy atom. The van der Waals surface area contributed by atoms with Gasteiger partial charge >= 0.3 is 12.0 Å². The van der Waals surface area contributed by atoms with Crippen LogP contribution in [0.15, 0.2) is 24.3 Å². The molecular formula is C21H25ClN2O5. The highest BCUT2D eigenvalue weighted by molar-refractivity contribution is 6.34. The van der Waals surface area contributed by atoms with Crippen LogP contribution in [-0.4, -0.2) is 47.3 Å². The van der Waals surface area contributed by atoms with Gasteiger partial charge in [-0.1, -0.05) is 44.5 Å². The van der Waals surface area contributed by atoms with Crippen molar-refractivity contribution in [2.24, 2.45) is 11.3 Å². The van der Waals surface area contributed by atoms with E-state index in [1.165, 1.54) is 6.07 Å². The summed E-state index contributed by atoms with van der Waals surface area (Å²) in [4.78, 5) is 50.7. The zero-order valence-corrected chi connectivity index (χ0v) is 17.5. The first-order chi connectivity index (χ1) is 13.5. The van der Waals surface area contributed by atoms with E-state index in [4.69, 9.17) is 16.3 Å². The molecule has 1 aliphatic heterocycles. The van der Waals surface area contributed by atoms with Crippen molar-refractivity contribution in [3.63, 3.8) is 0 Å². The minimum absolute atomic E-state index is 0.0987. The lowest BCUT2D eigenvalue weighted by molar-refractivity contribution is -0.147. The molecule has 0 aromatic heterocycles. The van der Waals surface area contributed by atoms with Crippen molar-refractivity contribution < 1.29 is 23.9 Å². The quantitative estimate of drug-likeness (QED) is 0.448. The first-order valence-electron chi connectivity index (χ1n) is 9.60. The third-order valence-electron chi connectivity index (χ3n) is 5.45. The first kappa shape index (κ1) is 21.3. The van der Waals surface area contributed by atoms with Crippen LogP contribution < -0.4 is 5.32 Å². The minimum Gasteiger partial charge on any atom is -0.456 e. The molecule has 1 N–H and O–H groups in total. The van der Waals surface area contributed by atoms with Crippen molar-refractivity contribution in [2.45, 2.75) is 45.6 Å². The zero-order chi connectivity index (χ0) is 21.4. The molecule has 7 nitrogen and oxygen atoms in total. The van der Waals surface area contributed by atoms with Crippen LogP contribution in [0.1, 0.15) is 50.4 Å². The Morgan fingerprint density at radius 1 is 1.24 bits per heavy atom. The van der Waals surface area contributed by atoms with Crippen LogP contribution >= 0.6 is 11.6 Å². The number of imide groups is 1. The molecule has 1 saturated heterocycles. The third kappa shape index (κ3) is 4.45. The van der Waals surface area contributed by atoms with Crippen LogP contribution in [0.3, 0.4) is 0 Å². The molecular weight excluding hydrogens is 396 g/mol. The molecule has 1 heterocycles. The molecule has 1 aromatic rings. The van der Waals surface area contributed by atoms with E-state index in [1.54, 1.807) is 18.2 Å². The van der Waals surface area contributed by atoms with Gasteiger partial charge in [0, 0.05) is 5.56 Å². The predicted octanol–water partition coefficient (Wildman–Crippen LogP) is 3.20. The number of ketones is 1. The van der Waals surface area contributed by atoms with Crippen LogP contribution in [0, 0.1) is 11.3 Å². The van der Waals surface area contributed by atoms with Gasteiger partial charge in [0.05, 0.1) is 5.02 Å². The minimum atomic E-state index is -0.980. The van der Waals surface area contributed by atoms with Gasteiger partial charge < -0.3 is 10.1 Å². The molecule has 0 radical (unpaired) electrons. The highest BCUT2D eigenvalue weighted by atomic mass is 35.5. The topological polar surface area (TPSA) is 92.8 Å². The number of halogens is 1. The fraction of sp³-hybridized carbons (Fsp3) is 0.524. The van der Waals surface area contributed by atoms with Gasteiger partial charge in [0.2, 0.25) is 5.78 Å². The average Bonchev–Trinajstić information content (AvgIpc) is 2.81. The van der Waals surface area contributed by atoms with E-state index in [0.717, 1.165) is 11.3 Å². The Kier molecular flexibility index (Phi) is 5.72. The summed E-state index contributed by atoms with van der Waals surface area (Å²) in [5, 5.41) is 3.07. The number of esters is 1. The maximum Gasteiger partial charge on any atom is 0.326 e. The lowest BCUT2D eigenvalue weighted by atomic mass is 9.64. The summed E-state index contributed by atoms with van der Waals surface area (Å²) < 4.78 is 4.99. The van der Waals surface area contributed by atoms with Gasteiger partial charge in [-0.15, -0.1) is 0 Å². The summed E-state index contributed by atoms with van der Waals surface area (Å²) >= 11 is 5.96. The van der Waals surface area contributed by atoms with Gasteiger partial charge in [-0.2, -0.15) is 0 Å². The van der Waals surface area contributed by atoms with E-state index in [0.29, 0.717) is 12.8 Å². The number of nitrogens with zero attached hydrogens (tertiary/aromatic N) is 1. The number of urea groups is 1. The summed E-state index contributed by atoms with van der Waals surface area (Å²) in [6.07, 6.45) is 2.02. The molecule has 29 heavy (non-hydrogen) atoms. The van der Waals surface area contributed by atoms with Crippen LogP contribution in [0.2, 0.25) is 5.02 Å². The summed E-state index contributed by atoms with van der Waals surface area (Å²) in [5.74, 6) is -1.42. The van der Waals surface area contributed by atoms with E-state index in [1.807, 2.05) is 0 Å². The number of carbonyl (C=O) groups is 4. The normalized spacial score (nSPS) is 25.8. The lowest BCUT2D eigenvalue weighted by Gasteiger charge is -2.43. The molecule has 8 heteroatoms. The standard InChI is InChI=1S/C21H25ClN2O5/c1-13-8-20(2,3)12-21(9-13)18(27)24(19(28)23-21)10-17(26)29-11-16(25)14-6-4-5-7-15(14)22/h4-7,13H,8-12H2,1-3H3,(H,23,28)/t13-,21+/m0/s1. The number of benzene rings is 1. The van der Waals surface area contributed by atoms with E-state index < -0.39 is 42.4 Å². The van der Waals surface area contributed by atoms with Gasteiger partial charge in [-0.25, -0.2) is 4.79 Å². The number of amides is 3. The molecule has 156 valence electrons. The summed E-state index contributed by atoms with van der Waals surface area (Å²) in [5.41, 5.74) is -0.834. The molecule has 2 fully saturated rings. The molecule has 1 aliphatic carbocycles. The maximum absolute atomic E-state index is 13.0. The molecule has 2 aliphatic rings. The Hall–Kier alpha value is -2.41. The second-order valence-electron chi connectivity index (χ2n) is 8.82. The van der Waals surface area contributed by atoms with Crippen molar-refractivity contribution in [1.82, 2.24) is 10.2 Å². The van der Waals surface area contributed by atoms with E-state index in [9.17, 15) is 19.2 Å². The Labute approximate surface area is 174 Å². The molecule has 3 amide bonds. The van der Waals surface area contributed by atoms with Crippen molar-refractivity contribution in [1.29, 1.82) is 0 Å². The van der Waals surface area contributed by atoms with Crippen molar-refractivity contribution in [3.05, 3.63) is 34.9 Å².